The summed E-state index contributed by atoms with van der Waals surface area (Å²) < 4.78 is 5.54. The number of likely N-dealkylation sites (N-methyl/N-ethyl adjacent to an activating group) is 1. The van der Waals surface area contributed by atoms with Crippen LogP contribution in [0, 0.1) is 5.41 Å². The van der Waals surface area contributed by atoms with Crippen LogP contribution in [0.4, 0.5) is 0 Å². The van der Waals surface area contributed by atoms with E-state index in [9.17, 15) is 0 Å². The van der Waals surface area contributed by atoms with Crippen LogP contribution in [-0.4, -0.2) is 23.5 Å². The van der Waals surface area contributed by atoms with Crippen molar-refractivity contribution in [2.75, 3.05) is 13.1 Å². The molecule has 3 heteroatoms. The molecule has 1 aromatic heterocycles. The Morgan fingerprint density at radius 3 is 2.65 bits per heavy atom. The highest BCUT2D eigenvalue weighted by Crippen LogP contribution is 2.40. The molecule has 1 aliphatic carbocycles. The topological polar surface area (TPSA) is 42.4 Å². The van der Waals surface area contributed by atoms with Gasteiger partial charge < -0.3 is 10.2 Å². The number of hydrogen-bond acceptors (Lipinski definition) is 3. The molecule has 2 N–H and O–H groups in total. The summed E-state index contributed by atoms with van der Waals surface area (Å²) in [6, 6.07) is 4.03. The fourth-order valence-electron chi connectivity index (χ4n) is 3.57. The van der Waals surface area contributed by atoms with Crippen LogP contribution in [0.2, 0.25) is 0 Å². The van der Waals surface area contributed by atoms with Gasteiger partial charge in [0.15, 0.2) is 0 Å². The maximum absolute atomic E-state index is 6.23. The summed E-state index contributed by atoms with van der Waals surface area (Å²) in [6.07, 6.45) is 8.02. The number of furan rings is 1. The minimum Gasteiger partial charge on any atom is -0.468 e. The SMILES string of the molecule is CCN(Cc1ccco1)C1(CN)CCCC(C)(C)CC1. The van der Waals surface area contributed by atoms with Gasteiger partial charge in [-0.3, -0.25) is 4.90 Å². The summed E-state index contributed by atoms with van der Waals surface area (Å²) in [5, 5.41) is 0. The van der Waals surface area contributed by atoms with Gasteiger partial charge in [0.25, 0.3) is 0 Å². The van der Waals surface area contributed by atoms with E-state index < -0.39 is 0 Å². The van der Waals surface area contributed by atoms with Crippen LogP contribution in [0.3, 0.4) is 0 Å². The molecule has 0 aromatic carbocycles. The van der Waals surface area contributed by atoms with Crippen molar-refractivity contribution >= 4 is 0 Å². The zero-order valence-corrected chi connectivity index (χ0v) is 13.3. The molecule has 1 aromatic rings. The molecule has 114 valence electrons. The lowest BCUT2D eigenvalue weighted by Gasteiger charge is -2.42. The molecule has 1 heterocycles. The Morgan fingerprint density at radius 1 is 1.25 bits per heavy atom. The monoisotopic (exact) mass is 278 g/mol. The van der Waals surface area contributed by atoms with Crippen LogP contribution >= 0.6 is 0 Å². The molecular weight excluding hydrogens is 248 g/mol. The van der Waals surface area contributed by atoms with Crippen molar-refractivity contribution in [3.63, 3.8) is 0 Å². The summed E-state index contributed by atoms with van der Waals surface area (Å²) in [4.78, 5) is 2.53. The molecule has 1 atom stereocenters. The van der Waals surface area contributed by atoms with Gasteiger partial charge in [-0.1, -0.05) is 27.2 Å². The van der Waals surface area contributed by atoms with Gasteiger partial charge in [-0.2, -0.15) is 0 Å². The third-order valence-corrected chi connectivity index (χ3v) is 5.12. The molecule has 0 saturated heterocycles. The van der Waals surface area contributed by atoms with E-state index in [-0.39, 0.29) is 5.54 Å². The van der Waals surface area contributed by atoms with E-state index in [0.717, 1.165) is 25.4 Å². The maximum atomic E-state index is 6.23. The zero-order chi connectivity index (χ0) is 14.6. The minimum atomic E-state index is 0.148. The molecule has 0 bridgehead atoms. The van der Waals surface area contributed by atoms with Crippen LogP contribution in [-0.2, 0) is 6.54 Å². The maximum Gasteiger partial charge on any atom is 0.117 e. The largest absolute Gasteiger partial charge is 0.468 e. The van der Waals surface area contributed by atoms with Gasteiger partial charge in [0.05, 0.1) is 12.8 Å². The lowest BCUT2D eigenvalue weighted by Crippen LogP contribution is -2.53. The van der Waals surface area contributed by atoms with Crippen LogP contribution in [0.25, 0.3) is 0 Å². The normalized spacial score (nSPS) is 26.6. The van der Waals surface area contributed by atoms with E-state index >= 15 is 0 Å². The number of rotatable bonds is 5. The Kier molecular flexibility index (Phi) is 4.92. The first-order valence-corrected chi connectivity index (χ1v) is 7.99. The second-order valence-electron chi connectivity index (χ2n) is 7.04. The minimum absolute atomic E-state index is 0.148. The van der Waals surface area contributed by atoms with Crippen molar-refractivity contribution < 1.29 is 4.42 Å². The van der Waals surface area contributed by atoms with Crippen LogP contribution in [0.5, 0.6) is 0 Å². The molecule has 1 unspecified atom stereocenters. The van der Waals surface area contributed by atoms with Crippen molar-refractivity contribution in [1.82, 2.24) is 4.90 Å². The second kappa shape index (κ2) is 6.31. The van der Waals surface area contributed by atoms with Crippen LogP contribution in [0.1, 0.15) is 58.6 Å². The number of hydrogen-bond donors (Lipinski definition) is 1. The molecule has 0 aliphatic heterocycles. The molecule has 0 amide bonds. The Hall–Kier alpha value is -0.800. The smallest absolute Gasteiger partial charge is 0.117 e. The summed E-state index contributed by atoms with van der Waals surface area (Å²) in [5.41, 5.74) is 6.84. The van der Waals surface area contributed by atoms with Crippen LogP contribution < -0.4 is 5.73 Å². The van der Waals surface area contributed by atoms with Gasteiger partial charge in [-0.05, 0) is 49.8 Å². The molecule has 1 fully saturated rings. The van der Waals surface area contributed by atoms with E-state index in [1.165, 1.54) is 32.1 Å². The lowest BCUT2D eigenvalue weighted by atomic mass is 9.83. The van der Waals surface area contributed by atoms with E-state index in [1.807, 2.05) is 6.07 Å². The number of nitrogens with zero attached hydrogens (tertiary/aromatic N) is 1. The third kappa shape index (κ3) is 3.44. The Balaban J connectivity index is 2.14. The molecule has 20 heavy (non-hydrogen) atoms. The molecule has 3 nitrogen and oxygen atoms in total. The fourth-order valence-corrected chi connectivity index (χ4v) is 3.57. The average molecular weight is 278 g/mol. The predicted molar refractivity (Wildman–Crippen MR) is 83.4 cm³/mol. The van der Waals surface area contributed by atoms with Crippen molar-refractivity contribution in [3.05, 3.63) is 24.2 Å². The first-order valence-electron chi connectivity index (χ1n) is 7.99. The summed E-state index contributed by atoms with van der Waals surface area (Å²) >= 11 is 0. The van der Waals surface area contributed by atoms with E-state index in [1.54, 1.807) is 6.26 Å². The molecule has 1 saturated carbocycles. The van der Waals surface area contributed by atoms with E-state index in [4.69, 9.17) is 10.2 Å². The van der Waals surface area contributed by atoms with Crippen molar-refractivity contribution in [1.29, 1.82) is 0 Å². The highest BCUT2D eigenvalue weighted by Gasteiger charge is 2.38. The van der Waals surface area contributed by atoms with Crippen molar-refractivity contribution in [2.24, 2.45) is 11.1 Å². The Bertz CT molecular complexity index is 399. The molecule has 0 radical (unpaired) electrons. The zero-order valence-electron chi connectivity index (χ0n) is 13.3. The molecule has 2 rings (SSSR count). The highest BCUT2D eigenvalue weighted by atomic mass is 16.3. The van der Waals surface area contributed by atoms with Gasteiger partial charge in [-0.15, -0.1) is 0 Å². The first-order chi connectivity index (χ1) is 9.51. The third-order valence-electron chi connectivity index (χ3n) is 5.12. The highest BCUT2D eigenvalue weighted by molar-refractivity contribution is 5.02. The Morgan fingerprint density at radius 2 is 2.05 bits per heavy atom. The fraction of sp³-hybridized carbons (Fsp3) is 0.765. The first kappa shape index (κ1) is 15.6. The average Bonchev–Trinajstić information content (AvgIpc) is 2.88. The van der Waals surface area contributed by atoms with Crippen LogP contribution in [0.15, 0.2) is 22.8 Å². The van der Waals surface area contributed by atoms with E-state index in [0.29, 0.717) is 5.41 Å². The molecule has 1 aliphatic rings. The quantitative estimate of drug-likeness (QED) is 0.833. The van der Waals surface area contributed by atoms with Gasteiger partial charge in [0, 0.05) is 12.1 Å². The Labute approximate surface area is 123 Å². The second-order valence-corrected chi connectivity index (χ2v) is 7.04. The van der Waals surface area contributed by atoms with Gasteiger partial charge in [0.2, 0.25) is 0 Å². The summed E-state index contributed by atoms with van der Waals surface area (Å²) in [5.74, 6) is 1.04. The molecular formula is C17H30N2O. The summed E-state index contributed by atoms with van der Waals surface area (Å²) in [6.45, 7) is 9.66. The van der Waals surface area contributed by atoms with E-state index in [2.05, 4.69) is 31.7 Å². The van der Waals surface area contributed by atoms with Gasteiger partial charge in [0.1, 0.15) is 5.76 Å². The van der Waals surface area contributed by atoms with Crippen molar-refractivity contribution in [3.8, 4) is 0 Å². The van der Waals surface area contributed by atoms with Crippen molar-refractivity contribution in [2.45, 2.75) is 65.0 Å². The van der Waals surface area contributed by atoms with Gasteiger partial charge >= 0.3 is 0 Å². The summed E-state index contributed by atoms with van der Waals surface area (Å²) in [7, 11) is 0. The standard InChI is InChI=1S/C17H30N2O/c1-4-19(13-15-7-5-12-20-15)17(14-18)9-6-8-16(2,3)10-11-17/h5,7,12H,4,6,8-11,13-14,18H2,1-3H3. The number of nitrogens with two attached hydrogens (primary N) is 1. The molecule has 0 spiro atoms. The van der Waals surface area contributed by atoms with Gasteiger partial charge in [-0.25, -0.2) is 0 Å². The predicted octanol–water partition coefficient (Wildman–Crippen LogP) is 3.79. The lowest BCUT2D eigenvalue weighted by molar-refractivity contribution is 0.0660.